The van der Waals surface area contributed by atoms with Gasteiger partial charge < -0.3 is 4.98 Å². The van der Waals surface area contributed by atoms with E-state index in [0.29, 0.717) is 12.4 Å². The van der Waals surface area contributed by atoms with Gasteiger partial charge >= 0.3 is 0 Å². The van der Waals surface area contributed by atoms with E-state index in [1.54, 1.807) is 18.5 Å². The molecular formula is C15H22N4O2S. The van der Waals surface area contributed by atoms with Gasteiger partial charge in [-0.1, -0.05) is 26.8 Å². The van der Waals surface area contributed by atoms with Crippen molar-refractivity contribution in [3.63, 3.8) is 0 Å². The molecule has 0 aliphatic rings. The molecular weight excluding hydrogens is 300 g/mol. The van der Waals surface area contributed by atoms with Crippen LogP contribution >= 0.6 is 0 Å². The Hall–Kier alpha value is -1.73. The summed E-state index contributed by atoms with van der Waals surface area (Å²) in [6.07, 6.45) is 4.75. The number of H-pyrrole nitrogens is 1. The Morgan fingerprint density at radius 1 is 1.27 bits per heavy atom. The topological polar surface area (TPSA) is 79.0 Å². The van der Waals surface area contributed by atoms with E-state index in [0.717, 1.165) is 5.56 Å². The summed E-state index contributed by atoms with van der Waals surface area (Å²) in [6.45, 7) is 7.98. The number of rotatable bonds is 6. The minimum absolute atomic E-state index is 0.133. The first-order chi connectivity index (χ1) is 10.4. The Balaban J connectivity index is 2.36. The molecule has 1 N–H and O–H groups in total. The molecule has 0 aromatic carbocycles. The Kier molecular flexibility index (Phi) is 4.97. The van der Waals surface area contributed by atoms with Crippen molar-refractivity contribution in [1.29, 1.82) is 0 Å². The van der Waals surface area contributed by atoms with Crippen molar-refractivity contribution in [2.24, 2.45) is 0 Å². The average molecular weight is 322 g/mol. The number of hydrogen-bond acceptors (Lipinski definition) is 4. The molecule has 2 aromatic rings. The molecule has 0 fully saturated rings. The summed E-state index contributed by atoms with van der Waals surface area (Å²) in [4.78, 5) is 11.1. The third-order valence-electron chi connectivity index (χ3n) is 3.62. The Morgan fingerprint density at radius 3 is 2.50 bits per heavy atom. The molecule has 7 heteroatoms. The quantitative estimate of drug-likeness (QED) is 0.887. The largest absolute Gasteiger partial charge is 0.332 e. The van der Waals surface area contributed by atoms with Crippen molar-refractivity contribution < 1.29 is 8.42 Å². The lowest BCUT2D eigenvalue weighted by molar-refractivity contribution is 0.355. The van der Waals surface area contributed by atoms with Crippen LogP contribution in [0.25, 0.3) is 0 Å². The molecule has 22 heavy (non-hydrogen) atoms. The summed E-state index contributed by atoms with van der Waals surface area (Å²) < 4.78 is 27.1. The van der Waals surface area contributed by atoms with Gasteiger partial charge in [-0.3, -0.25) is 4.98 Å². The fraction of sp³-hybridized carbons (Fsp3) is 0.467. The molecule has 0 amide bonds. The smallest absolute Gasteiger partial charge is 0.260 e. The third-order valence-corrected chi connectivity index (χ3v) is 5.57. The lowest BCUT2D eigenvalue weighted by Gasteiger charge is -2.26. The van der Waals surface area contributed by atoms with E-state index in [1.807, 2.05) is 33.8 Å². The second-order valence-electron chi connectivity index (χ2n) is 5.46. The molecule has 0 aliphatic heterocycles. The van der Waals surface area contributed by atoms with Gasteiger partial charge in [0, 0.05) is 30.9 Å². The van der Waals surface area contributed by atoms with Crippen molar-refractivity contribution in [3.8, 4) is 0 Å². The molecule has 2 aromatic heterocycles. The van der Waals surface area contributed by atoms with E-state index in [9.17, 15) is 8.42 Å². The molecule has 0 radical (unpaired) electrons. The summed E-state index contributed by atoms with van der Waals surface area (Å²) in [5.41, 5.74) is 0.858. The number of pyridine rings is 1. The average Bonchev–Trinajstić information content (AvgIpc) is 2.99. The molecule has 0 spiro atoms. The molecule has 0 aliphatic carbocycles. The van der Waals surface area contributed by atoms with E-state index >= 15 is 0 Å². The fourth-order valence-corrected chi connectivity index (χ4v) is 3.86. The monoisotopic (exact) mass is 322 g/mol. The lowest BCUT2D eigenvalue weighted by Crippen LogP contribution is -2.33. The van der Waals surface area contributed by atoms with Gasteiger partial charge in [0.2, 0.25) is 0 Å². The van der Waals surface area contributed by atoms with E-state index in [-0.39, 0.29) is 17.0 Å². The maximum atomic E-state index is 12.8. The second-order valence-corrected chi connectivity index (χ2v) is 7.32. The van der Waals surface area contributed by atoms with E-state index in [2.05, 4.69) is 15.0 Å². The maximum absolute atomic E-state index is 12.8. The number of nitrogens with one attached hydrogen (secondary N) is 1. The summed E-state index contributed by atoms with van der Waals surface area (Å²) in [5, 5.41) is 0.133. The highest BCUT2D eigenvalue weighted by Gasteiger charge is 2.30. The highest BCUT2D eigenvalue weighted by molar-refractivity contribution is 7.89. The van der Waals surface area contributed by atoms with Crippen LogP contribution in [-0.2, 0) is 10.0 Å². The molecule has 2 heterocycles. The number of sulfonamides is 1. The zero-order valence-corrected chi connectivity index (χ0v) is 14.1. The van der Waals surface area contributed by atoms with Gasteiger partial charge in [-0.2, -0.15) is 4.31 Å². The zero-order chi connectivity index (χ0) is 16.3. The van der Waals surface area contributed by atoms with Crippen molar-refractivity contribution in [2.75, 3.05) is 6.54 Å². The molecule has 0 bridgehead atoms. The minimum Gasteiger partial charge on any atom is -0.332 e. The SMILES string of the molecule is CCN(C(C)c1cccnc1)S(=O)(=O)c1cnc(C(C)C)[nH]1. The van der Waals surface area contributed by atoms with E-state index < -0.39 is 10.0 Å². The molecule has 1 atom stereocenters. The predicted octanol–water partition coefficient (Wildman–Crippen LogP) is 2.70. The number of imidazole rings is 1. The van der Waals surface area contributed by atoms with Crippen LogP contribution in [0.4, 0.5) is 0 Å². The van der Waals surface area contributed by atoms with Gasteiger partial charge in [0.05, 0.1) is 6.20 Å². The van der Waals surface area contributed by atoms with Crippen molar-refractivity contribution >= 4 is 10.0 Å². The van der Waals surface area contributed by atoms with Gasteiger partial charge in [-0.25, -0.2) is 13.4 Å². The molecule has 120 valence electrons. The van der Waals surface area contributed by atoms with E-state index in [1.165, 1.54) is 10.5 Å². The standard InChI is InChI=1S/C15H22N4O2S/c1-5-19(12(4)13-7-6-8-16-9-13)22(20,21)14-10-17-15(18-14)11(2)3/h6-12H,5H2,1-4H3,(H,17,18). The summed E-state index contributed by atoms with van der Waals surface area (Å²) in [6, 6.07) is 3.39. The number of nitrogens with zero attached hydrogens (tertiary/aromatic N) is 3. The Labute approximate surface area is 131 Å². The minimum atomic E-state index is -3.62. The van der Waals surface area contributed by atoms with Crippen LogP contribution in [-0.4, -0.2) is 34.2 Å². The lowest BCUT2D eigenvalue weighted by atomic mass is 10.1. The Bertz CT molecular complexity index is 710. The summed E-state index contributed by atoms with van der Waals surface area (Å²) >= 11 is 0. The third kappa shape index (κ3) is 3.20. The summed E-state index contributed by atoms with van der Waals surface area (Å²) in [7, 11) is -3.62. The molecule has 0 saturated heterocycles. The van der Waals surface area contributed by atoms with Gasteiger partial charge in [0.15, 0.2) is 5.03 Å². The zero-order valence-electron chi connectivity index (χ0n) is 13.3. The first-order valence-electron chi connectivity index (χ1n) is 7.34. The normalized spacial score (nSPS) is 13.7. The van der Waals surface area contributed by atoms with Crippen LogP contribution in [0.2, 0.25) is 0 Å². The molecule has 1 unspecified atom stereocenters. The van der Waals surface area contributed by atoms with Crippen LogP contribution in [0.3, 0.4) is 0 Å². The van der Waals surface area contributed by atoms with Gasteiger partial charge in [-0.15, -0.1) is 0 Å². The van der Waals surface area contributed by atoms with Crippen molar-refractivity contribution in [1.82, 2.24) is 19.3 Å². The van der Waals surface area contributed by atoms with Crippen molar-refractivity contribution in [3.05, 3.63) is 42.1 Å². The van der Waals surface area contributed by atoms with Crippen LogP contribution in [0.15, 0.2) is 35.7 Å². The highest BCUT2D eigenvalue weighted by Crippen LogP contribution is 2.26. The van der Waals surface area contributed by atoms with Crippen LogP contribution in [0.5, 0.6) is 0 Å². The second kappa shape index (κ2) is 6.58. The number of aromatic amines is 1. The Morgan fingerprint density at radius 2 is 2.00 bits per heavy atom. The number of aromatic nitrogens is 3. The molecule has 6 nitrogen and oxygen atoms in total. The molecule has 2 rings (SSSR count). The maximum Gasteiger partial charge on any atom is 0.260 e. The first-order valence-corrected chi connectivity index (χ1v) is 8.78. The number of hydrogen-bond donors (Lipinski definition) is 1. The van der Waals surface area contributed by atoms with Crippen molar-refractivity contribution in [2.45, 2.75) is 44.7 Å². The summed E-state index contributed by atoms with van der Waals surface area (Å²) in [5.74, 6) is 0.818. The van der Waals surface area contributed by atoms with Crippen LogP contribution in [0, 0.1) is 0 Å². The van der Waals surface area contributed by atoms with Gasteiger partial charge in [0.25, 0.3) is 10.0 Å². The highest BCUT2D eigenvalue weighted by atomic mass is 32.2. The predicted molar refractivity (Wildman–Crippen MR) is 84.9 cm³/mol. The fourth-order valence-electron chi connectivity index (χ4n) is 2.31. The van der Waals surface area contributed by atoms with Gasteiger partial charge in [-0.05, 0) is 18.6 Å². The van der Waals surface area contributed by atoms with Gasteiger partial charge in [0.1, 0.15) is 5.82 Å². The van der Waals surface area contributed by atoms with E-state index in [4.69, 9.17) is 0 Å². The van der Waals surface area contributed by atoms with Crippen LogP contribution < -0.4 is 0 Å². The first kappa shape index (κ1) is 16.6. The van der Waals surface area contributed by atoms with Crippen LogP contribution in [0.1, 0.15) is 51.0 Å². The molecule has 0 saturated carbocycles.